The third-order valence-corrected chi connectivity index (χ3v) is 3.48. The van der Waals surface area contributed by atoms with E-state index in [0.29, 0.717) is 4.77 Å². The molecular formula is C15H21N3S. The van der Waals surface area contributed by atoms with E-state index in [-0.39, 0.29) is 11.5 Å². The number of rotatable bonds is 2. The number of aromatic amines is 1. The fourth-order valence-electron chi connectivity index (χ4n) is 2.31. The fraction of sp³-hybridized carbons (Fsp3) is 0.467. The molecule has 0 atom stereocenters. The molecule has 1 heterocycles. The Morgan fingerprint density at radius 2 is 1.84 bits per heavy atom. The predicted octanol–water partition coefficient (Wildman–Crippen LogP) is 4.49. The van der Waals surface area contributed by atoms with Gasteiger partial charge in [-0.3, -0.25) is 9.67 Å². The zero-order valence-corrected chi connectivity index (χ0v) is 13.0. The van der Waals surface area contributed by atoms with Crippen LogP contribution in [-0.2, 0) is 5.41 Å². The van der Waals surface area contributed by atoms with Crippen LogP contribution >= 0.6 is 12.2 Å². The van der Waals surface area contributed by atoms with Crippen molar-refractivity contribution in [3.05, 3.63) is 34.6 Å². The molecule has 0 radical (unpaired) electrons. The molecule has 0 fully saturated rings. The van der Waals surface area contributed by atoms with Gasteiger partial charge in [-0.1, -0.05) is 45.0 Å². The summed E-state index contributed by atoms with van der Waals surface area (Å²) in [6.07, 6.45) is 0. The first-order valence-electron chi connectivity index (χ1n) is 6.59. The minimum atomic E-state index is 0.0754. The summed E-state index contributed by atoms with van der Waals surface area (Å²) in [5, 5.41) is 7.34. The number of nitrogens with zero attached hydrogens (tertiary/aromatic N) is 2. The van der Waals surface area contributed by atoms with E-state index in [0.717, 1.165) is 11.4 Å². The van der Waals surface area contributed by atoms with Gasteiger partial charge >= 0.3 is 0 Å². The molecule has 19 heavy (non-hydrogen) atoms. The van der Waals surface area contributed by atoms with E-state index in [1.807, 2.05) is 6.07 Å². The largest absolute Gasteiger partial charge is 0.298 e. The van der Waals surface area contributed by atoms with E-state index in [2.05, 4.69) is 67.6 Å². The van der Waals surface area contributed by atoms with Crippen molar-refractivity contribution < 1.29 is 0 Å². The van der Waals surface area contributed by atoms with Gasteiger partial charge < -0.3 is 0 Å². The van der Waals surface area contributed by atoms with Gasteiger partial charge in [-0.25, -0.2) is 0 Å². The number of H-pyrrole nitrogens is 1. The summed E-state index contributed by atoms with van der Waals surface area (Å²) < 4.78 is 2.74. The number of aromatic nitrogens is 3. The van der Waals surface area contributed by atoms with Crippen LogP contribution in [0.3, 0.4) is 0 Å². The van der Waals surface area contributed by atoms with Gasteiger partial charge in [0.05, 0.1) is 0 Å². The van der Waals surface area contributed by atoms with Crippen LogP contribution in [0.1, 0.15) is 46.2 Å². The maximum atomic E-state index is 5.33. The Morgan fingerprint density at radius 1 is 1.21 bits per heavy atom. The highest BCUT2D eigenvalue weighted by molar-refractivity contribution is 7.71. The van der Waals surface area contributed by atoms with E-state index >= 15 is 0 Å². The van der Waals surface area contributed by atoms with Crippen LogP contribution < -0.4 is 0 Å². The van der Waals surface area contributed by atoms with Crippen LogP contribution in [0.2, 0.25) is 0 Å². The van der Waals surface area contributed by atoms with Crippen LogP contribution in [0, 0.1) is 4.77 Å². The Kier molecular flexibility index (Phi) is 3.63. The van der Waals surface area contributed by atoms with E-state index in [4.69, 9.17) is 12.2 Å². The van der Waals surface area contributed by atoms with Gasteiger partial charge in [0.15, 0.2) is 10.6 Å². The average molecular weight is 275 g/mol. The van der Waals surface area contributed by atoms with Gasteiger partial charge in [-0.2, -0.15) is 5.10 Å². The molecule has 0 aliphatic rings. The lowest BCUT2D eigenvalue weighted by molar-refractivity contribution is 0.581. The second-order valence-corrected chi connectivity index (χ2v) is 6.50. The van der Waals surface area contributed by atoms with Crippen molar-refractivity contribution in [2.45, 2.75) is 46.1 Å². The molecule has 0 aliphatic carbocycles. The van der Waals surface area contributed by atoms with Gasteiger partial charge in [0.1, 0.15) is 0 Å². The number of hydrogen-bond acceptors (Lipinski definition) is 2. The van der Waals surface area contributed by atoms with E-state index < -0.39 is 0 Å². The summed E-state index contributed by atoms with van der Waals surface area (Å²) >= 11 is 5.33. The van der Waals surface area contributed by atoms with Crippen LogP contribution in [-0.4, -0.2) is 14.8 Å². The molecule has 1 N–H and O–H groups in total. The summed E-state index contributed by atoms with van der Waals surface area (Å²) in [6.45, 7) is 10.9. The monoisotopic (exact) mass is 275 g/mol. The lowest BCUT2D eigenvalue weighted by atomic mass is 9.83. The number of nitrogens with one attached hydrogen (secondary N) is 1. The summed E-state index contributed by atoms with van der Waals surface area (Å²) in [7, 11) is 0. The molecule has 0 aliphatic heterocycles. The molecule has 0 amide bonds. The summed E-state index contributed by atoms with van der Waals surface area (Å²) in [4.78, 5) is 0. The minimum Gasteiger partial charge on any atom is -0.298 e. The first-order chi connectivity index (χ1) is 8.82. The molecule has 2 rings (SSSR count). The van der Waals surface area contributed by atoms with E-state index in [1.165, 1.54) is 5.56 Å². The molecule has 0 spiro atoms. The first kappa shape index (κ1) is 14.0. The van der Waals surface area contributed by atoms with Crippen LogP contribution in [0.5, 0.6) is 0 Å². The highest BCUT2D eigenvalue weighted by Gasteiger charge is 2.21. The summed E-state index contributed by atoms with van der Waals surface area (Å²) in [5.41, 5.74) is 2.51. The van der Waals surface area contributed by atoms with Crippen molar-refractivity contribution in [3.63, 3.8) is 0 Å². The molecule has 2 aromatic rings. The molecule has 1 aromatic heterocycles. The topological polar surface area (TPSA) is 33.6 Å². The first-order valence-corrected chi connectivity index (χ1v) is 7.00. The third kappa shape index (κ3) is 2.63. The Morgan fingerprint density at radius 3 is 2.42 bits per heavy atom. The van der Waals surface area contributed by atoms with Crippen molar-refractivity contribution in [1.29, 1.82) is 0 Å². The molecule has 102 valence electrons. The Labute approximate surface area is 119 Å². The standard InChI is InChI=1S/C15H21N3S/c1-10(2)18-13(16-17-14(18)19)11-8-6-7-9-12(11)15(3,4)5/h6-10H,1-5H3,(H,17,19). The zero-order valence-electron chi connectivity index (χ0n) is 12.2. The predicted molar refractivity (Wildman–Crippen MR) is 81.9 cm³/mol. The molecule has 3 nitrogen and oxygen atoms in total. The quantitative estimate of drug-likeness (QED) is 0.819. The normalized spacial score (nSPS) is 12.1. The Bertz CT molecular complexity index is 629. The van der Waals surface area contributed by atoms with Crippen LogP contribution in [0.25, 0.3) is 11.4 Å². The van der Waals surface area contributed by atoms with Crippen molar-refractivity contribution >= 4 is 12.2 Å². The second-order valence-electron chi connectivity index (χ2n) is 6.11. The van der Waals surface area contributed by atoms with Crippen molar-refractivity contribution in [1.82, 2.24) is 14.8 Å². The molecule has 1 aromatic carbocycles. The average Bonchev–Trinajstić information content (AvgIpc) is 2.70. The Hall–Kier alpha value is -1.42. The smallest absolute Gasteiger partial charge is 0.195 e. The lowest BCUT2D eigenvalue weighted by Gasteiger charge is -2.23. The number of benzene rings is 1. The van der Waals surface area contributed by atoms with Crippen LogP contribution in [0.15, 0.2) is 24.3 Å². The molecule has 0 unspecified atom stereocenters. The van der Waals surface area contributed by atoms with Crippen molar-refractivity contribution in [2.24, 2.45) is 0 Å². The molecule has 0 bridgehead atoms. The Balaban J connectivity index is 2.71. The minimum absolute atomic E-state index is 0.0754. The van der Waals surface area contributed by atoms with E-state index in [9.17, 15) is 0 Å². The maximum Gasteiger partial charge on any atom is 0.195 e. The molecule has 0 saturated carbocycles. The SMILES string of the molecule is CC(C)n1c(-c2ccccc2C(C)(C)C)n[nH]c1=S. The van der Waals surface area contributed by atoms with Crippen molar-refractivity contribution in [2.75, 3.05) is 0 Å². The molecular weight excluding hydrogens is 254 g/mol. The highest BCUT2D eigenvalue weighted by Crippen LogP contribution is 2.32. The number of hydrogen-bond donors (Lipinski definition) is 1. The summed E-state index contributed by atoms with van der Waals surface area (Å²) in [6, 6.07) is 8.69. The van der Waals surface area contributed by atoms with E-state index in [1.54, 1.807) is 0 Å². The highest BCUT2D eigenvalue weighted by atomic mass is 32.1. The van der Waals surface area contributed by atoms with Gasteiger partial charge in [0.2, 0.25) is 0 Å². The third-order valence-electron chi connectivity index (χ3n) is 3.20. The van der Waals surface area contributed by atoms with Gasteiger partial charge in [-0.05, 0) is 37.0 Å². The molecule has 4 heteroatoms. The maximum absolute atomic E-state index is 5.33. The van der Waals surface area contributed by atoms with Crippen molar-refractivity contribution in [3.8, 4) is 11.4 Å². The van der Waals surface area contributed by atoms with Crippen LogP contribution in [0.4, 0.5) is 0 Å². The fourth-order valence-corrected chi connectivity index (χ4v) is 2.65. The molecule has 0 saturated heterocycles. The lowest BCUT2D eigenvalue weighted by Crippen LogP contribution is -2.14. The summed E-state index contributed by atoms with van der Waals surface area (Å²) in [5.74, 6) is 0.922. The second kappa shape index (κ2) is 4.93. The van der Waals surface area contributed by atoms with Gasteiger partial charge in [0, 0.05) is 11.6 Å². The van der Waals surface area contributed by atoms with Gasteiger partial charge in [0.25, 0.3) is 0 Å². The zero-order chi connectivity index (χ0) is 14.2. The van der Waals surface area contributed by atoms with Gasteiger partial charge in [-0.15, -0.1) is 0 Å².